The minimum Gasteiger partial charge on any atom is -0.463 e. The second kappa shape index (κ2) is 11.5. The SMILES string of the molecule is CCC(OC(=O)c1ccc2nc(-c3ccco3)c(-c3ccco3)nc2c1)C(=O)Nc1nc(-c2ccc(Br)cc2)cs1. The second-order valence-corrected chi connectivity index (χ2v) is 10.7. The maximum atomic E-state index is 13.1. The van der Waals surface area contributed by atoms with Gasteiger partial charge in [0.15, 0.2) is 22.8 Å². The molecule has 1 N–H and O–H groups in total. The number of hydrogen-bond donors (Lipinski definition) is 1. The van der Waals surface area contributed by atoms with Crippen LogP contribution in [-0.4, -0.2) is 32.9 Å². The first-order valence-corrected chi connectivity index (χ1v) is 14.3. The molecule has 1 amide bonds. The van der Waals surface area contributed by atoms with Crippen LogP contribution in [0.15, 0.2) is 97.9 Å². The number of aromatic nitrogens is 3. The van der Waals surface area contributed by atoms with Crippen molar-refractivity contribution in [2.75, 3.05) is 5.32 Å². The number of carbonyl (C=O) groups is 2. The van der Waals surface area contributed by atoms with Crippen LogP contribution in [0, 0.1) is 0 Å². The number of rotatable bonds is 8. The molecule has 0 saturated carbocycles. The molecule has 0 spiro atoms. The van der Waals surface area contributed by atoms with Crippen LogP contribution in [-0.2, 0) is 9.53 Å². The van der Waals surface area contributed by atoms with E-state index in [0.717, 1.165) is 15.7 Å². The largest absolute Gasteiger partial charge is 0.463 e. The summed E-state index contributed by atoms with van der Waals surface area (Å²) in [6.07, 6.45) is 2.38. The Kier molecular flexibility index (Phi) is 7.45. The molecule has 4 aromatic heterocycles. The highest BCUT2D eigenvalue weighted by Crippen LogP contribution is 2.32. The Balaban J connectivity index is 1.20. The molecule has 1 atom stereocenters. The zero-order valence-electron chi connectivity index (χ0n) is 21.5. The van der Waals surface area contributed by atoms with E-state index >= 15 is 0 Å². The van der Waals surface area contributed by atoms with Crippen molar-refractivity contribution in [2.24, 2.45) is 0 Å². The molecule has 0 aliphatic heterocycles. The zero-order chi connectivity index (χ0) is 28.3. The summed E-state index contributed by atoms with van der Waals surface area (Å²) < 4.78 is 17.7. The number of thiazole rings is 1. The van der Waals surface area contributed by atoms with Crippen LogP contribution in [0.5, 0.6) is 0 Å². The molecule has 0 fully saturated rings. The lowest BCUT2D eigenvalue weighted by atomic mass is 10.1. The molecule has 41 heavy (non-hydrogen) atoms. The van der Waals surface area contributed by atoms with Crippen LogP contribution in [0.1, 0.15) is 23.7 Å². The number of halogens is 1. The molecule has 0 aliphatic rings. The van der Waals surface area contributed by atoms with Gasteiger partial charge in [-0.1, -0.05) is 35.0 Å². The predicted octanol–water partition coefficient (Wildman–Crippen LogP) is 7.61. The van der Waals surface area contributed by atoms with Crippen molar-refractivity contribution in [1.82, 2.24) is 15.0 Å². The van der Waals surface area contributed by atoms with Crippen LogP contribution < -0.4 is 5.32 Å². The normalized spacial score (nSPS) is 11.9. The van der Waals surface area contributed by atoms with Crippen LogP contribution in [0.4, 0.5) is 5.13 Å². The highest BCUT2D eigenvalue weighted by molar-refractivity contribution is 9.10. The summed E-state index contributed by atoms with van der Waals surface area (Å²) in [6, 6.07) is 19.7. The number of benzene rings is 2. The van der Waals surface area contributed by atoms with Crippen LogP contribution >= 0.6 is 27.3 Å². The lowest BCUT2D eigenvalue weighted by Gasteiger charge is -2.15. The van der Waals surface area contributed by atoms with E-state index in [2.05, 4.69) is 26.2 Å². The van der Waals surface area contributed by atoms with Crippen molar-refractivity contribution < 1.29 is 23.2 Å². The van der Waals surface area contributed by atoms with Gasteiger partial charge < -0.3 is 13.6 Å². The number of nitrogens with zero attached hydrogens (tertiary/aromatic N) is 3. The van der Waals surface area contributed by atoms with Gasteiger partial charge in [-0.25, -0.2) is 19.7 Å². The average Bonchev–Trinajstić information content (AvgIpc) is 3.79. The summed E-state index contributed by atoms with van der Waals surface area (Å²) in [5, 5.41) is 5.04. The molecule has 1 unspecified atom stereocenters. The van der Waals surface area contributed by atoms with E-state index in [1.54, 1.807) is 61.9 Å². The third kappa shape index (κ3) is 5.67. The number of carbonyl (C=O) groups excluding carboxylic acids is 2. The molecule has 11 heteroatoms. The molecule has 6 rings (SSSR count). The predicted molar refractivity (Wildman–Crippen MR) is 158 cm³/mol. The van der Waals surface area contributed by atoms with Gasteiger partial charge in [-0.3, -0.25) is 10.1 Å². The molecule has 0 bridgehead atoms. The van der Waals surface area contributed by atoms with Crippen molar-refractivity contribution in [2.45, 2.75) is 19.4 Å². The van der Waals surface area contributed by atoms with Gasteiger partial charge in [0, 0.05) is 15.4 Å². The number of fused-ring (bicyclic) bond motifs is 1. The number of ether oxygens (including phenoxy) is 1. The van der Waals surface area contributed by atoms with E-state index in [4.69, 9.17) is 23.5 Å². The first-order valence-electron chi connectivity index (χ1n) is 12.6. The first-order chi connectivity index (χ1) is 20.0. The number of amides is 1. The molecular formula is C30H21BrN4O5S. The van der Waals surface area contributed by atoms with Gasteiger partial charge in [0.25, 0.3) is 5.91 Å². The van der Waals surface area contributed by atoms with Crippen LogP contribution in [0.25, 0.3) is 45.2 Å². The third-order valence-electron chi connectivity index (χ3n) is 6.20. The standard InChI is InChI=1S/C30H21BrN4O5S/c1-2-23(28(36)35-30-34-22(16-41-30)17-7-10-19(31)11-8-17)40-29(37)18-9-12-20-21(15-18)33-27(25-6-4-14-39-25)26(32-20)24-5-3-13-38-24/h3-16,23H,2H2,1H3,(H,34,35,36). The Hall–Kier alpha value is -4.61. The summed E-state index contributed by atoms with van der Waals surface area (Å²) in [7, 11) is 0. The van der Waals surface area contributed by atoms with Crippen LogP contribution in [0.2, 0.25) is 0 Å². The topological polar surface area (TPSA) is 120 Å². The van der Waals surface area contributed by atoms with E-state index in [1.807, 2.05) is 29.6 Å². The molecule has 0 radical (unpaired) electrons. The van der Waals surface area contributed by atoms with Crippen molar-refractivity contribution in [3.05, 3.63) is 94.7 Å². The molecule has 0 saturated heterocycles. The fraction of sp³-hybridized carbons (Fsp3) is 0.100. The second-order valence-electron chi connectivity index (χ2n) is 8.92. The van der Waals surface area contributed by atoms with Crippen molar-refractivity contribution in [3.8, 4) is 34.2 Å². The highest BCUT2D eigenvalue weighted by Gasteiger charge is 2.24. The molecule has 9 nitrogen and oxygen atoms in total. The van der Waals surface area contributed by atoms with Crippen molar-refractivity contribution >= 4 is 55.3 Å². The van der Waals surface area contributed by atoms with Crippen molar-refractivity contribution in [3.63, 3.8) is 0 Å². The Morgan fingerprint density at radius 3 is 2.24 bits per heavy atom. The number of esters is 1. The number of hydrogen-bond acceptors (Lipinski definition) is 9. The fourth-order valence-electron chi connectivity index (χ4n) is 4.14. The maximum absolute atomic E-state index is 13.1. The van der Waals surface area contributed by atoms with Gasteiger partial charge in [0.1, 0.15) is 11.4 Å². The molecule has 0 aliphatic carbocycles. The quantitative estimate of drug-likeness (QED) is 0.171. The summed E-state index contributed by atoms with van der Waals surface area (Å²) in [5.41, 5.74) is 3.90. The van der Waals surface area contributed by atoms with Gasteiger partial charge in [-0.15, -0.1) is 11.3 Å². The Morgan fingerprint density at radius 2 is 1.61 bits per heavy atom. The molecular weight excluding hydrogens is 608 g/mol. The molecule has 2 aromatic carbocycles. The number of anilines is 1. The van der Waals surface area contributed by atoms with E-state index in [9.17, 15) is 9.59 Å². The van der Waals surface area contributed by atoms with E-state index in [1.165, 1.54) is 11.3 Å². The highest BCUT2D eigenvalue weighted by atomic mass is 79.9. The fourth-order valence-corrected chi connectivity index (χ4v) is 5.13. The molecule has 6 aromatic rings. The summed E-state index contributed by atoms with van der Waals surface area (Å²) >= 11 is 4.72. The van der Waals surface area contributed by atoms with Gasteiger partial charge in [-0.05, 0) is 61.0 Å². The monoisotopic (exact) mass is 628 g/mol. The molecule has 204 valence electrons. The minimum atomic E-state index is -1.01. The lowest BCUT2D eigenvalue weighted by molar-refractivity contribution is -0.124. The Labute approximate surface area is 246 Å². The Morgan fingerprint density at radius 1 is 0.927 bits per heavy atom. The zero-order valence-corrected chi connectivity index (χ0v) is 23.9. The minimum absolute atomic E-state index is 0.237. The third-order valence-corrected chi connectivity index (χ3v) is 7.48. The smallest absolute Gasteiger partial charge is 0.338 e. The van der Waals surface area contributed by atoms with Crippen molar-refractivity contribution in [1.29, 1.82) is 0 Å². The van der Waals surface area contributed by atoms with Gasteiger partial charge in [0.05, 0.1) is 34.8 Å². The van der Waals surface area contributed by atoms with E-state index in [-0.39, 0.29) is 12.0 Å². The summed E-state index contributed by atoms with van der Waals surface area (Å²) in [4.78, 5) is 40.0. The van der Waals surface area contributed by atoms with E-state index < -0.39 is 18.0 Å². The van der Waals surface area contributed by atoms with Crippen LogP contribution in [0.3, 0.4) is 0 Å². The van der Waals surface area contributed by atoms with Gasteiger partial charge >= 0.3 is 5.97 Å². The Bertz CT molecular complexity index is 1830. The lowest BCUT2D eigenvalue weighted by Crippen LogP contribution is -2.32. The molecule has 4 heterocycles. The summed E-state index contributed by atoms with van der Waals surface area (Å²) in [5.74, 6) is -0.0661. The number of furan rings is 2. The maximum Gasteiger partial charge on any atom is 0.338 e. The summed E-state index contributed by atoms with van der Waals surface area (Å²) in [6.45, 7) is 1.77. The average molecular weight is 629 g/mol. The van der Waals surface area contributed by atoms with Gasteiger partial charge in [-0.2, -0.15) is 0 Å². The first kappa shape index (κ1) is 26.6. The number of nitrogens with one attached hydrogen (secondary N) is 1. The van der Waals surface area contributed by atoms with Gasteiger partial charge in [0.2, 0.25) is 0 Å². The van der Waals surface area contributed by atoms with E-state index in [0.29, 0.717) is 39.1 Å².